The van der Waals surface area contributed by atoms with Crippen molar-refractivity contribution in [3.63, 3.8) is 0 Å². The van der Waals surface area contributed by atoms with Crippen molar-refractivity contribution in [1.29, 1.82) is 0 Å². The summed E-state index contributed by atoms with van der Waals surface area (Å²) in [6, 6.07) is 58.5. The number of hydrogen-bond acceptors (Lipinski definition) is 2. The van der Waals surface area contributed by atoms with E-state index in [-0.39, 0.29) is 18.1 Å². The predicted molar refractivity (Wildman–Crippen MR) is 209 cm³/mol. The minimum absolute atomic E-state index is 0.0725. The second kappa shape index (κ2) is 12.7. The molecule has 238 valence electrons. The van der Waals surface area contributed by atoms with E-state index >= 15 is 0 Å². The fourth-order valence-electron chi connectivity index (χ4n) is 6.81. The average Bonchev–Trinajstić information content (AvgIpc) is 3.79. The normalized spacial score (nSPS) is 12.0. The van der Waals surface area contributed by atoms with Crippen molar-refractivity contribution >= 4 is 55.9 Å². The molecular weight excluding hydrogens is 609 g/mol. The summed E-state index contributed by atoms with van der Waals surface area (Å²) in [6.07, 6.45) is 4.17. The van der Waals surface area contributed by atoms with Gasteiger partial charge in [0.1, 0.15) is 0 Å². The molecule has 4 heteroatoms. The smallest absolute Gasteiger partial charge is 0.0721 e. The van der Waals surface area contributed by atoms with Crippen LogP contribution in [0.25, 0.3) is 33.2 Å². The topological polar surface area (TPSA) is 16.3 Å². The van der Waals surface area contributed by atoms with Gasteiger partial charge in [-0.25, -0.2) is 0 Å². The Bertz CT molecular complexity index is 2520. The van der Waals surface area contributed by atoms with Gasteiger partial charge in [0, 0.05) is 57.3 Å². The minimum Gasteiger partial charge on any atom is -0.314 e. The third-order valence-electron chi connectivity index (χ3n) is 9.06. The highest BCUT2D eigenvalue weighted by atomic mass is 15.2. The summed E-state index contributed by atoms with van der Waals surface area (Å²) in [5.74, 6) is 0. The molecule has 0 saturated heterocycles. The fraction of sp³-hybridized carbons (Fsp3) is 0. The van der Waals surface area contributed by atoms with Crippen LogP contribution >= 0.6 is 0 Å². The van der Waals surface area contributed by atoms with Crippen LogP contribution in [0.1, 0.15) is 4.11 Å². The molecule has 0 atom stereocenters. The lowest BCUT2D eigenvalue weighted by atomic mass is 10.1. The first-order chi connectivity index (χ1) is 26.1. The number of anilines is 6. The molecule has 4 nitrogen and oxygen atoms in total. The van der Waals surface area contributed by atoms with Crippen molar-refractivity contribution in [2.75, 3.05) is 9.80 Å². The Kier molecular flexibility index (Phi) is 6.65. The fourth-order valence-corrected chi connectivity index (χ4v) is 6.81. The summed E-state index contributed by atoms with van der Waals surface area (Å²) in [6.45, 7) is 0. The Morgan fingerprint density at radius 1 is 0.360 bits per heavy atom. The molecule has 50 heavy (non-hydrogen) atoms. The molecule has 9 rings (SSSR count). The summed E-state index contributed by atoms with van der Waals surface area (Å²) in [5.41, 5.74) is 8.05. The van der Waals surface area contributed by atoms with E-state index in [1.165, 1.54) is 0 Å². The Labute approximate surface area is 296 Å². The molecule has 0 fully saturated rings. The van der Waals surface area contributed by atoms with E-state index in [1.807, 2.05) is 131 Å². The van der Waals surface area contributed by atoms with Crippen LogP contribution in [-0.2, 0) is 0 Å². The first kappa shape index (κ1) is 26.2. The van der Waals surface area contributed by atoms with Gasteiger partial charge in [0.2, 0.25) is 0 Å². The minimum atomic E-state index is 0.0725. The van der Waals surface area contributed by atoms with Gasteiger partial charge in [-0.2, -0.15) is 0 Å². The van der Waals surface area contributed by atoms with Crippen LogP contribution in [0.2, 0.25) is 0 Å². The lowest BCUT2D eigenvalue weighted by Crippen LogP contribution is -2.13. The maximum absolute atomic E-state index is 10.1. The molecule has 0 saturated carbocycles. The Hall–Kier alpha value is -6.78. The molecule has 7 aromatic carbocycles. The molecule has 0 aliphatic heterocycles. The molecule has 2 aromatic heterocycles. The van der Waals surface area contributed by atoms with Crippen molar-refractivity contribution in [3.05, 3.63) is 206 Å². The number of fused-ring (bicyclic) bond motifs is 2. The second-order valence-electron chi connectivity index (χ2n) is 12.1. The maximum atomic E-state index is 10.1. The maximum Gasteiger partial charge on any atom is 0.0721 e. The lowest BCUT2D eigenvalue weighted by Gasteiger charge is -2.28. The van der Waals surface area contributed by atoms with Crippen LogP contribution in [0.3, 0.4) is 0 Å². The van der Waals surface area contributed by atoms with Crippen LogP contribution in [0.5, 0.6) is 0 Å². The van der Waals surface area contributed by atoms with Crippen molar-refractivity contribution in [3.8, 4) is 11.4 Å². The predicted octanol–water partition coefficient (Wildman–Crippen LogP) is 12.5. The standard InChI is InChI=1S/C46H34N4/c1-5-18-35(19-6-1)47-33-45(41-28-13-15-30-43(41)47)49(37-22-9-3-10-23-37)39-26-17-27-40(32-39)50(38-24-11-4-12-25-38)46-34-48(36-20-7-2-8-21-36)44-31-16-14-29-42(44)46/h1-34H/i26D,27D,32D. The third kappa shape index (κ3) is 5.20. The number of hydrogen-bond donors (Lipinski definition) is 0. The van der Waals surface area contributed by atoms with Gasteiger partial charge in [0.05, 0.1) is 26.5 Å². The number of rotatable bonds is 8. The molecule has 9 aromatic rings. The highest BCUT2D eigenvalue weighted by Gasteiger charge is 2.23. The number of aromatic nitrogens is 2. The molecule has 0 aliphatic carbocycles. The second-order valence-corrected chi connectivity index (χ2v) is 12.1. The molecule has 0 radical (unpaired) electrons. The SMILES string of the molecule is [2H]c1cc([2H])c(N(c2ccccc2)c2cn(-c3ccccc3)c3ccccc23)c([2H])c1N(c1ccccc1)c1cn(-c2ccccc2)c2ccccc12. The highest BCUT2D eigenvalue weighted by Crippen LogP contribution is 2.45. The van der Waals surface area contributed by atoms with Gasteiger partial charge in [-0.05, 0) is 78.8 Å². The summed E-state index contributed by atoms with van der Waals surface area (Å²) >= 11 is 0. The van der Waals surface area contributed by atoms with E-state index in [0.29, 0.717) is 11.4 Å². The van der Waals surface area contributed by atoms with Gasteiger partial charge in [0.25, 0.3) is 0 Å². The zero-order valence-electron chi connectivity index (χ0n) is 30.2. The number of benzene rings is 7. The van der Waals surface area contributed by atoms with E-state index in [0.717, 1.165) is 55.9 Å². The van der Waals surface area contributed by atoms with E-state index in [1.54, 1.807) is 6.07 Å². The summed E-state index contributed by atoms with van der Waals surface area (Å²) < 4.78 is 33.3. The molecule has 0 aliphatic rings. The molecule has 0 bridgehead atoms. The Balaban J connectivity index is 1.33. The molecule has 0 amide bonds. The molecule has 0 unspecified atom stereocenters. The molecule has 0 spiro atoms. The summed E-state index contributed by atoms with van der Waals surface area (Å²) in [4.78, 5) is 4.01. The largest absolute Gasteiger partial charge is 0.314 e. The van der Waals surface area contributed by atoms with Crippen LogP contribution in [0.15, 0.2) is 206 Å². The monoisotopic (exact) mass is 645 g/mol. The zero-order valence-corrected chi connectivity index (χ0v) is 27.2. The Morgan fingerprint density at radius 3 is 1.14 bits per heavy atom. The van der Waals surface area contributed by atoms with Gasteiger partial charge in [0.15, 0.2) is 0 Å². The van der Waals surface area contributed by atoms with Gasteiger partial charge in [-0.1, -0.05) is 115 Å². The summed E-state index contributed by atoms with van der Waals surface area (Å²) in [7, 11) is 0. The zero-order chi connectivity index (χ0) is 35.9. The third-order valence-corrected chi connectivity index (χ3v) is 9.06. The van der Waals surface area contributed by atoms with Crippen LogP contribution < -0.4 is 9.80 Å². The van der Waals surface area contributed by atoms with E-state index in [4.69, 9.17) is 0 Å². The van der Waals surface area contributed by atoms with Gasteiger partial charge >= 0.3 is 0 Å². The van der Waals surface area contributed by atoms with Crippen molar-refractivity contribution < 1.29 is 4.11 Å². The van der Waals surface area contributed by atoms with Gasteiger partial charge in [-0.3, -0.25) is 0 Å². The van der Waals surface area contributed by atoms with Crippen molar-refractivity contribution in [2.24, 2.45) is 0 Å². The van der Waals surface area contributed by atoms with E-state index in [2.05, 4.69) is 70.1 Å². The first-order valence-electron chi connectivity index (χ1n) is 18.2. The summed E-state index contributed by atoms with van der Waals surface area (Å²) in [5, 5.41) is 1.95. The molecule has 0 N–H and O–H groups in total. The van der Waals surface area contributed by atoms with Gasteiger partial charge in [-0.15, -0.1) is 0 Å². The molecule has 2 heterocycles. The van der Waals surface area contributed by atoms with E-state index in [9.17, 15) is 4.11 Å². The van der Waals surface area contributed by atoms with Crippen LogP contribution in [0, 0.1) is 0 Å². The Morgan fingerprint density at radius 2 is 0.720 bits per heavy atom. The van der Waals surface area contributed by atoms with Gasteiger partial charge < -0.3 is 18.9 Å². The lowest BCUT2D eigenvalue weighted by molar-refractivity contribution is 1.12. The van der Waals surface area contributed by atoms with Crippen molar-refractivity contribution in [2.45, 2.75) is 0 Å². The first-order valence-corrected chi connectivity index (χ1v) is 16.7. The van der Waals surface area contributed by atoms with Crippen molar-refractivity contribution in [1.82, 2.24) is 9.13 Å². The number of para-hydroxylation sites is 6. The molecular formula is C46H34N4. The quantitative estimate of drug-likeness (QED) is 0.163. The number of nitrogens with zero attached hydrogens (tertiary/aromatic N) is 4. The van der Waals surface area contributed by atoms with Crippen LogP contribution in [0.4, 0.5) is 34.1 Å². The van der Waals surface area contributed by atoms with E-state index < -0.39 is 0 Å². The highest BCUT2D eigenvalue weighted by molar-refractivity contribution is 6.02. The average molecular weight is 646 g/mol. The van der Waals surface area contributed by atoms with Crippen LogP contribution in [-0.4, -0.2) is 9.13 Å².